The number of carbonyl (C=O) groups excluding carboxylic acids is 1. The van der Waals surface area contributed by atoms with Crippen molar-refractivity contribution in [2.24, 2.45) is 0 Å². The quantitative estimate of drug-likeness (QED) is 0.522. The molecule has 3 heterocycles. The summed E-state index contributed by atoms with van der Waals surface area (Å²) in [5.74, 6) is 0.611. The lowest BCUT2D eigenvalue weighted by Crippen LogP contribution is -2.41. The maximum atomic E-state index is 13.0. The zero-order chi connectivity index (χ0) is 21.1. The van der Waals surface area contributed by atoms with E-state index in [1.165, 1.54) is 11.8 Å². The van der Waals surface area contributed by atoms with E-state index >= 15 is 0 Å². The monoisotopic (exact) mass is 432 g/mol. The molecule has 1 amide bonds. The molecular formula is C20H24N4O3S2. The number of morpholine rings is 1. The summed E-state index contributed by atoms with van der Waals surface area (Å²) in [4.78, 5) is 30.0. The van der Waals surface area contributed by atoms with Crippen molar-refractivity contribution in [2.75, 3.05) is 37.7 Å². The summed E-state index contributed by atoms with van der Waals surface area (Å²) in [5, 5.41) is 9.63. The molecule has 2 aliphatic heterocycles. The van der Waals surface area contributed by atoms with Crippen LogP contribution in [0.25, 0.3) is 6.08 Å². The number of amides is 1. The van der Waals surface area contributed by atoms with Gasteiger partial charge in [-0.15, -0.1) is 0 Å². The highest BCUT2D eigenvalue weighted by atomic mass is 32.2. The number of carbonyl (C=O) groups is 1. The van der Waals surface area contributed by atoms with Crippen molar-refractivity contribution in [1.82, 2.24) is 9.47 Å². The van der Waals surface area contributed by atoms with Crippen LogP contribution in [0.1, 0.15) is 37.0 Å². The van der Waals surface area contributed by atoms with Crippen LogP contribution < -0.4 is 10.5 Å². The number of hydrogen-bond acceptors (Lipinski definition) is 7. The van der Waals surface area contributed by atoms with E-state index in [1.807, 2.05) is 13.8 Å². The minimum atomic E-state index is -0.286. The number of pyridine rings is 1. The summed E-state index contributed by atoms with van der Waals surface area (Å²) >= 11 is 6.59. The van der Waals surface area contributed by atoms with E-state index in [9.17, 15) is 14.9 Å². The fourth-order valence-electron chi connectivity index (χ4n) is 3.59. The summed E-state index contributed by atoms with van der Waals surface area (Å²) in [6.07, 6.45) is 2.55. The number of hydrogen-bond donors (Lipinski definition) is 0. The van der Waals surface area contributed by atoms with Gasteiger partial charge in [-0.05, 0) is 31.9 Å². The topological polar surface area (TPSA) is 78.6 Å². The number of thioether (sulfide) groups is 1. The van der Waals surface area contributed by atoms with Crippen molar-refractivity contribution in [1.29, 1.82) is 5.26 Å². The van der Waals surface area contributed by atoms with Gasteiger partial charge >= 0.3 is 0 Å². The van der Waals surface area contributed by atoms with E-state index in [1.54, 1.807) is 22.5 Å². The molecule has 0 bridgehead atoms. The lowest BCUT2D eigenvalue weighted by atomic mass is 10.0. The molecule has 2 saturated heterocycles. The van der Waals surface area contributed by atoms with Gasteiger partial charge in [-0.1, -0.05) is 30.9 Å². The van der Waals surface area contributed by atoms with Gasteiger partial charge in [0.25, 0.3) is 11.5 Å². The molecule has 29 heavy (non-hydrogen) atoms. The predicted molar refractivity (Wildman–Crippen MR) is 119 cm³/mol. The smallest absolute Gasteiger partial charge is 0.270 e. The van der Waals surface area contributed by atoms with Crippen LogP contribution in [-0.4, -0.2) is 52.5 Å². The van der Waals surface area contributed by atoms with Crippen molar-refractivity contribution in [2.45, 2.75) is 33.7 Å². The molecule has 0 N–H and O–H groups in total. The van der Waals surface area contributed by atoms with Crippen molar-refractivity contribution in [3.63, 3.8) is 0 Å². The summed E-state index contributed by atoms with van der Waals surface area (Å²) in [7, 11) is 0. The molecular weight excluding hydrogens is 408 g/mol. The molecule has 0 unspecified atom stereocenters. The molecule has 2 fully saturated rings. The molecule has 9 heteroatoms. The molecule has 0 radical (unpaired) electrons. The molecule has 0 spiro atoms. The number of nitrogens with zero attached hydrogens (tertiary/aromatic N) is 4. The van der Waals surface area contributed by atoms with Gasteiger partial charge < -0.3 is 9.64 Å². The van der Waals surface area contributed by atoms with Gasteiger partial charge in [0, 0.05) is 31.7 Å². The predicted octanol–water partition coefficient (Wildman–Crippen LogP) is 2.50. The van der Waals surface area contributed by atoms with Crippen molar-refractivity contribution in [3.05, 3.63) is 31.9 Å². The number of rotatable bonds is 5. The van der Waals surface area contributed by atoms with E-state index in [4.69, 9.17) is 17.0 Å². The van der Waals surface area contributed by atoms with Gasteiger partial charge in [0.1, 0.15) is 21.8 Å². The molecule has 1 aromatic heterocycles. The van der Waals surface area contributed by atoms with Gasteiger partial charge in [0.05, 0.1) is 18.1 Å². The van der Waals surface area contributed by atoms with E-state index in [0.717, 1.165) is 17.8 Å². The maximum absolute atomic E-state index is 13.0. The largest absolute Gasteiger partial charge is 0.378 e. The van der Waals surface area contributed by atoms with Gasteiger partial charge in [-0.2, -0.15) is 5.26 Å². The molecule has 0 saturated carbocycles. The Kier molecular flexibility index (Phi) is 6.77. The highest BCUT2D eigenvalue weighted by Crippen LogP contribution is 2.35. The van der Waals surface area contributed by atoms with Gasteiger partial charge in [-0.25, -0.2) is 0 Å². The first kappa shape index (κ1) is 21.6. The normalized spacial score (nSPS) is 18.6. The van der Waals surface area contributed by atoms with Crippen molar-refractivity contribution < 1.29 is 9.53 Å². The third-order valence-corrected chi connectivity index (χ3v) is 6.45. The molecule has 0 aromatic carbocycles. The van der Waals surface area contributed by atoms with Crippen LogP contribution in [-0.2, 0) is 16.1 Å². The number of aromatic nitrogens is 1. The zero-order valence-corrected chi connectivity index (χ0v) is 18.5. The fourth-order valence-corrected chi connectivity index (χ4v) is 4.96. The first-order valence-corrected chi connectivity index (χ1v) is 10.9. The third-order valence-electron chi connectivity index (χ3n) is 5.07. The number of thiocarbonyl (C=S) groups is 1. The van der Waals surface area contributed by atoms with Crippen LogP contribution in [0.5, 0.6) is 0 Å². The second-order valence-electron chi connectivity index (χ2n) is 6.83. The Morgan fingerprint density at radius 1 is 1.28 bits per heavy atom. The SMILES string of the molecule is CCCn1c(N2CCOCC2)c(/C=C2\SC(=S)N(CC)C2=O)c(C)c(C#N)c1=O. The minimum Gasteiger partial charge on any atom is -0.378 e. The highest BCUT2D eigenvalue weighted by molar-refractivity contribution is 8.26. The summed E-state index contributed by atoms with van der Waals surface area (Å²) in [6, 6.07) is 2.06. The lowest BCUT2D eigenvalue weighted by molar-refractivity contribution is -0.121. The van der Waals surface area contributed by atoms with Crippen molar-refractivity contribution >= 4 is 46.1 Å². The molecule has 0 aliphatic carbocycles. The molecule has 3 rings (SSSR count). The average Bonchev–Trinajstić information content (AvgIpc) is 2.99. The van der Waals surface area contributed by atoms with Crippen LogP contribution in [0.3, 0.4) is 0 Å². The Morgan fingerprint density at radius 2 is 1.97 bits per heavy atom. The maximum Gasteiger partial charge on any atom is 0.270 e. The Morgan fingerprint density at radius 3 is 2.52 bits per heavy atom. The van der Waals surface area contributed by atoms with Crippen LogP contribution in [0, 0.1) is 18.3 Å². The minimum absolute atomic E-state index is 0.118. The molecule has 0 atom stereocenters. The average molecular weight is 433 g/mol. The number of ether oxygens (including phenoxy) is 1. The zero-order valence-electron chi connectivity index (χ0n) is 16.9. The first-order valence-electron chi connectivity index (χ1n) is 9.70. The standard InChI is InChI=1S/C20H24N4O3S2/c1-4-6-24-17(22-7-9-27-10-8-22)14(13(3)15(12-21)18(24)25)11-16-19(26)23(5-2)20(28)29-16/h11H,4-10H2,1-3H3/b16-11-. The summed E-state index contributed by atoms with van der Waals surface area (Å²) in [5.41, 5.74) is 1.15. The van der Waals surface area contributed by atoms with Crippen LogP contribution >= 0.6 is 24.0 Å². The number of anilines is 1. The summed E-state index contributed by atoms with van der Waals surface area (Å²) in [6.45, 7) is 9.07. The second-order valence-corrected chi connectivity index (χ2v) is 8.51. The van der Waals surface area contributed by atoms with Gasteiger partial charge in [-0.3, -0.25) is 19.1 Å². The van der Waals surface area contributed by atoms with Crippen LogP contribution in [0.15, 0.2) is 9.70 Å². The highest BCUT2D eigenvalue weighted by Gasteiger charge is 2.32. The Hall–Kier alpha value is -2.15. The van der Waals surface area contributed by atoms with E-state index in [-0.39, 0.29) is 17.0 Å². The van der Waals surface area contributed by atoms with Crippen molar-refractivity contribution in [3.8, 4) is 6.07 Å². The second kappa shape index (κ2) is 9.11. The molecule has 7 nitrogen and oxygen atoms in total. The van der Waals surface area contributed by atoms with Gasteiger partial charge in [0.15, 0.2) is 0 Å². The molecule has 1 aromatic rings. The number of nitriles is 1. The summed E-state index contributed by atoms with van der Waals surface area (Å²) < 4.78 is 7.68. The number of likely N-dealkylation sites (N-methyl/N-ethyl adjacent to an activating group) is 1. The Bertz CT molecular complexity index is 971. The first-order chi connectivity index (χ1) is 13.9. The Labute approximate surface area is 179 Å². The molecule has 2 aliphatic rings. The van der Waals surface area contributed by atoms with Crippen LogP contribution in [0.4, 0.5) is 5.82 Å². The van der Waals surface area contributed by atoms with E-state index in [2.05, 4.69) is 11.0 Å². The van der Waals surface area contributed by atoms with Crippen LogP contribution in [0.2, 0.25) is 0 Å². The third kappa shape index (κ3) is 3.97. The Balaban J connectivity index is 2.27. The van der Waals surface area contributed by atoms with Gasteiger partial charge in [0.2, 0.25) is 0 Å². The van der Waals surface area contributed by atoms with E-state index < -0.39 is 0 Å². The lowest BCUT2D eigenvalue weighted by Gasteiger charge is -2.33. The fraction of sp³-hybridized carbons (Fsp3) is 0.500. The molecule has 154 valence electrons. The van der Waals surface area contributed by atoms with E-state index in [0.29, 0.717) is 54.2 Å².